The van der Waals surface area contributed by atoms with Gasteiger partial charge >= 0.3 is 0 Å². The van der Waals surface area contributed by atoms with Crippen molar-refractivity contribution in [3.8, 4) is 0 Å². The van der Waals surface area contributed by atoms with Crippen LogP contribution < -0.4 is 0 Å². The molecule has 0 saturated carbocycles. The van der Waals surface area contributed by atoms with E-state index >= 15 is 0 Å². The van der Waals surface area contributed by atoms with E-state index in [1.807, 2.05) is 6.92 Å². The summed E-state index contributed by atoms with van der Waals surface area (Å²) in [5.74, 6) is 0.0820. The molecule has 0 aromatic carbocycles. The number of ketones is 1. The summed E-state index contributed by atoms with van der Waals surface area (Å²) in [5, 5.41) is 0.204. The highest BCUT2D eigenvalue weighted by Gasteiger charge is 2.37. The lowest BCUT2D eigenvalue weighted by Gasteiger charge is -2.36. The number of hydrogen-bond acceptors (Lipinski definition) is 3. The predicted octanol–water partition coefficient (Wildman–Crippen LogP) is 2.98. The van der Waals surface area contributed by atoms with Crippen LogP contribution in [0.3, 0.4) is 0 Å². The van der Waals surface area contributed by atoms with E-state index in [0.29, 0.717) is 6.61 Å². The van der Waals surface area contributed by atoms with Gasteiger partial charge in [-0.25, -0.2) is 0 Å². The van der Waals surface area contributed by atoms with E-state index in [9.17, 15) is 4.79 Å². The van der Waals surface area contributed by atoms with Crippen molar-refractivity contribution in [1.82, 2.24) is 0 Å². The van der Waals surface area contributed by atoms with E-state index in [4.69, 9.17) is 4.43 Å². The van der Waals surface area contributed by atoms with E-state index in [1.165, 1.54) is 0 Å². The zero-order chi connectivity index (χ0) is 13.3. The van der Waals surface area contributed by atoms with Crippen LogP contribution in [0.5, 0.6) is 0 Å². The minimum Gasteiger partial charge on any atom is -0.411 e. The molecule has 0 atom stereocenters. The first-order valence-electron chi connectivity index (χ1n) is 6.02. The third-order valence-electron chi connectivity index (χ3n) is 3.63. The molecule has 1 heterocycles. The lowest BCUT2D eigenvalue weighted by Crippen LogP contribution is -2.42. The minimum atomic E-state index is -1.73. The van der Waals surface area contributed by atoms with Gasteiger partial charge in [0.1, 0.15) is 6.54 Å². The number of nitrogens with zero attached hydrogens (tertiary/aromatic N) is 1. The average molecular weight is 253 g/mol. The van der Waals surface area contributed by atoms with Crippen molar-refractivity contribution >= 4 is 19.8 Å². The molecule has 0 aromatic rings. The summed E-state index contributed by atoms with van der Waals surface area (Å²) >= 11 is 0. The zero-order valence-electron chi connectivity index (χ0n) is 11.8. The molecule has 4 heteroatoms. The Labute approximate surface area is 105 Å². The van der Waals surface area contributed by atoms with Gasteiger partial charge in [0.15, 0.2) is 14.1 Å². The summed E-state index contributed by atoms with van der Waals surface area (Å²) in [4.78, 5) is 15.4. The van der Waals surface area contributed by atoms with Gasteiger partial charge in [-0.2, -0.15) is 0 Å². The number of carbonyl (C=O) groups is 1. The van der Waals surface area contributed by atoms with Gasteiger partial charge in [0, 0.05) is 0 Å². The summed E-state index contributed by atoms with van der Waals surface area (Å²) < 4.78 is 6.10. The van der Waals surface area contributed by atoms with E-state index in [0.717, 1.165) is 11.3 Å². The van der Waals surface area contributed by atoms with Crippen LogP contribution >= 0.6 is 0 Å². The molecule has 17 heavy (non-hydrogen) atoms. The third kappa shape index (κ3) is 3.61. The van der Waals surface area contributed by atoms with Gasteiger partial charge in [0.25, 0.3) is 0 Å². The Hall–Kier alpha value is -0.743. The highest BCUT2D eigenvalue weighted by atomic mass is 28.4. The lowest BCUT2D eigenvalue weighted by atomic mass is 10.1. The maximum atomic E-state index is 11.2. The topological polar surface area (TPSA) is 38.7 Å². The van der Waals surface area contributed by atoms with Gasteiger partial charge in [-0.05, 0) is 36.7 Å². The first kappa shape index (κ1) is 14.3. The number of carbonyl (C=O) groups excluding carboxylic acids is 1. The summed E-state index contributed by atoms with van der Waals surface area (Å²) in [6.07, 6.45) is 1.66. The van der Waals surface area contributed by atoms with E-state index < -0.39 is 8.32 Å². The maximum Gasteiger partial charge on any atom is 0.192 e. The third-order valence-corrected chi connectivity index (χ3v) is 8.11. The molecule has 3 nitrogen and oxygen atoms in total. The highest BCUT2D eigenvalue weighted by Crippen LogP contribution is 2.36. The molecule has 0 saturated heterocycles. The second-order valence-electron chi connectivity index (χ2n) is 6.11. The zero-order valence-corrected chi connectivity index (χ0v) is 12.8. The molecule has 0 aliphatic carbocycles. The second kappa shape index (κ2) is 4.86. The van der Waals surface area contributed by atoms with Crippen molar-refractivity contribution in [3.63, 3.8) is 0 Å². The highest BCUT2D eigenvalue weighted by molar-refractivity contribution is 6.74. The Bertz CT molecular complexity index is 375. The van der Waals surface area contributed by atoms with Crippen molar-refractivity contribution in [3.05, 3.63) is 11.6 Å². The lowest BCUT2D eigenvalue weighted by molar-refractivity contribution is -0.113. The van der Waals surface area contributed by atoms with Gasteiger partial charge in [-0.15, -0.1) is 0 Å². The number of dihydropyridines is 1. The molecule has 0 N–H and O–H groups in total. The Kier molecular flexibility index (Phi) is 4.09. The molecule has 1 aliphatic rings. The summed E-state index contributed by atoms with van der Waals surface area (Å²) in [5.41, 5.74) is 1.87. The Balaban J connectivity index is 2.64. The SMILES string of the molecule is CC1=CC(=O)CN=C1CO[Si](C)(C)C(C)(C)C. The van der Waals surface area contributed by atoms with E-state index in [1.54, 1.807) is 6.08 Å². The monoisotopic (exact) mass is 253 g/mol. The molecule has 96 valence electrons. The fraction of sp³-hybridized carbons (Fsp3) is 0.692. The van der Waals surface area contributed by atoms with Crippen molar-refractivity contribution in [2.75, 3.05) is 13.2 Å². The second-order valence-corrected chi connectivity index (χ2v) is 10.9. The van der Waals surface area contributed by atoms with E-state index in [2.05, 4.69) is 38.9 Å². The van der Waals surface area contributed by atoms with Gasteiger partial charge in [-0.1, -0.05) is 20.8 Å². The smallest absolute Gasteiger partial charge is 0.192 e. The van der Waals surface area contributed by atoms with Crippen molar-refractivity contribution < 1.29 is 9.22 Å². The van der Waals surface area contributed by atoms with E-state index in [-0.39, 0.29) is 17.4 Å². The standard InChI is InChI=1S/C13H23NO2Si/c1-10-7-11(15)8-14-12(10)9-16-17(5,6)13(2,3)4/h7H,8-9H2,1-6H3. The van der Waals surface area contributed by atoms with Gasteiger partial charge in [-0.3, -0.25) is 9.79 Å². The first-order valence-corrected chi connectivity index (χ1v) is 8.93. The molecular formula is C13H23NO2Si. The summed E-state index contributed by atoms with van der Waals surface area (Å²) in [6, 6.07) is 0. The van der Waals surface area contributed by atoms with Crippen LogP contribution in [0.1, 0.15) is 27.7 Å². The maximum absolute atomic E-state index is 11.2. The average Bonchev–Trinajstić information content (AvgIpc) is 2.14. The molecule has 1 aliphatic heterocycles. The van der Waals surface area contributed by atoms with Crippen LogP contribution in [-0.2, 0) is 9.22 Å². The fourth-order valence-corrected chi connectivity index (χ4v) is 2.22. The van der Waals surface area contributed by atoms with Crippen LogP contribution in [0.25, 0.3) is 0 Å². The summed E-state index contributed by atoms with van der Waals surface area (Å²) in [7, 11) is -1.73. The van der Waals surface area contributed by atoms with Crippen LogP contribution in [0.15, 0.2) is 16.6 Å². The van der Waals surface area contributed by atoms with Crippen molar-refractivity contribution in [1.29, 1.82) is 0 Å². The molecule has 0 aromatic heterocycles. The first-order chi connectivity index (χ1) is 7.63. The Morgan fingerprint density at radius 3 is 2.47 bits per heavy atom. The van der Waals surface area contributed by atoms with Crippen molar-refractivity contribution in [2.45, 2.75) is 45.8 Å². The van der Waals surface area contributed by atoms with Crippen LogP contribution in [0.2, 0.25) is 18.1 Å². The Morgan fingerprint density at radius 1 is 1.41 bits per heavy atom. The molecule has 0 unspecified atom stereocenters. The van der Waals surface area contributed by atoms with Gasteiger partial charge in [0.05, 0.1) is 12.3 Å². The van der Waals surface area contributed by atoms with Crippen LogP contribution in [0.4, 0.5) is 0 Å². The van der Waals surface area contributed by atoms with Crippen molar-refractivity contribution in [2.24, 2.45) is 4.99 Å². The molecule has 0 radical (unpaired) electrons. The molecule has 0 amide bonds. The predicted molar refractivity (Wildman–Crippen MR) is 74.2 cm³/mol. The molecule has 1 rings (SSSR count). The Morgan fingerprint density at radius 2 is 2.00 bits per heavy atom. The largest absolute Gasteiger partial charge is 0.411 e. The number of rotatable bonds is 3. The minimum absolute atomic E-state index is 0.0820. The quantitative estimate of drug-likeness (QED) is 0.725. The van der Waals surface area contributed by atoms with Gasteiger partial charge < -0.3 is 4.43 Å². The molecule has 0 spiro atoms. The molecule has 0 bridgehead atoms. The molecule has 0 fully saturated rings. The number of hydrogen-bond donors (Lipinski definition) is 0. The van der Waals surface area contributed by atoms with Crippen LogP contribution in [0, 0.1) is 0 Å². The summed E-state index contributed by atoms with van der Waals surface area (Å²) in [6.45, 7) is 13.8. The van der Waals surface area contributed by atoms with Crippen LogP contribution in [-0.4, -0.2) is 33.0 Å². The number of aliphatic imine (C=N–C) groups is 1. The fourth-order valence-electron chi connectivity index (χ4n) is 1.29. The molecular weight excluding hydrogens is 230 g/mol. The van der Waals surface area contributed by atoms with Gasteiger partial charge in [0.2, 0.25) is 0 Å². The normalized spacial score (nSPS) is 17.9.